The molecule has 0 aliphatic heterocycles. The van der Waals surface area contributed by atoms with Gasteiger partial charge in [0.15, 0.2) is 0 Å². The van der Waals surface area contributed by atoms with Crippen LogP contribution in [0.3, 0.4) is 0 Å². The lowest BCUT2D eigenvalue weighted by Crippen LogP contribution is -2.10. The highest BCUT2D eigenvalue weighted by Gasteiger charge is 2.17. The largest absolute Gasteiger partial charge is 0.456 e. The van der Waals surface area contributed by atoms with Crippen molar-refractivity contribution in [3.8, 4) is 11.3 Å². The van der Waals surface area contributed by atoms with Gasteiger partial charge < -0.3 is 13.6 Å². The summed E-state index contributed by atoms with van der Waals surface area (Å²) in [5, 5.41) is 4.77. The SMILES string of the molecule is CCCC(/C=C/c1cc2cc3oc4cc5cc(-c6ccc(C(C)(C)C)cc6)n(C)c5cc4c3cc2n1C)CCC. The van der Waals surface area contributed by atoms with E-state index in [-0.39, 0.29) is 5.41 Å². The number of hydrogen-bond donors (Lipinski definition) is 0. The number of aryl methyl sites for hydroxylation is 2. The van der Waals surface area contributed by atoms with E-state index in [1.54, 1.807) is 0 Å². The Labute approximate surface area is 238 Å². The second kappa shape index (κ2) is 10.0. The first kappa shape index (κ1) is 26.5. The topological polar surface area (TPSA) is 23.0 Å². The quantitative estimate of drug-likeness (QED) is 0.201. The maximum atomic E-state index is 6.45. The lowest BCUT2D eigenvalue weighted by atomic mass is 9.86. The molecule has 0 saturated heterocycles. The molecule has 0 radical (unpaired) electrons. The van der Waals surface area contributed by atoms with Crippen molar-refractivity contribution in [2.24, 2.45) is 20.0 Å². The molecule has 3 aromatic carbocycles. The summed E-state index contributed by atoms with van der Waals surface area (Å²) in [4.78, 5) is 0. The minimum Gasteiger partial charge on any atom is -0.456 e. The molecule has 0 fully saturated rings. The van der Waals surface area contributed by atoms with E-state index in [0.717, 1.165) is 11.2 Å². The van der Waals surface area contributed by atoms with Crippen molar-refractivity contribution in [2.45, 2.75) is 65.7 Å². The van der Waals surface area contributed by atoms with Crippen molar-refractivity contribution in [1.82, 2.24) is 9.13 Å². The van der Waals surface area contributed by atoms with Crippen molar-refractivity contribution < 1.29 is 4.42 Å². The summed E-state index contributed by atoms with van der Waals surface area (Å²) >= 11 is 0. The van der Waals surface area contributed by atoms with Crippen LogP contribution in [0.2, 0.25) is 0 Å². The van der Waals surface area contributed by atoms with Crippen LogP contribution >= 0.6 is 0 Å². The van der Waals surface area contributed by atoms with Gasteiger partial charge in [-0.2, -0.15) is 0 Å². The second-order valence-electron chi connectivity index (χ2n) is 12.7. The minimum atomic E-state index is 0.149. The van der Waals surface area contributed by atoms with Crippen molar-refractivity contribution >= 4 is 49.8 Å². The van der Waals surface area contributed by atoms with E-state index in [1.807, 2.05) is 0 Å². The van der Waals surface area contributed by atoms with Gasteiger partial charge in [-0.1, -0.05) is 77.8 Å². The number of fused-ring (bicyclic) bond motifs is 5. The van der Waals surface area contributed by atoms with Gasteiger partial charge in [0.25, 0.3) is 0 Å². The summed E-state index contributed by atoms with van der Waals surface area (Å²) in [7, 11) is 4.35. The molecule has 0 atom stereocenters. The molecule has 40 heavy (non-hydrogen) atoms. The van der Waals surface area contributed by atoms with Gasteiger partial charge >= 0.3 is 0 Å². The average Bonchev–Trinajstić information content (AvgIpc) is 3.55. The first-order valence-electron chi connectivity index (χ1n) is 14.9. The molecular formula is C37H42N2O. The van der Waals surface area contributed by atoms with E-state index in [4.69, 9.17) is 4.42 Å². The molecule has 3 heteroatoms. The number of furan rings is 1. The lowest BCUT2D eigenvalue weighted by molar-refractivity contribution is 0.531. The minimum absolute atomic E-state index is 0.149. The molecule has 3 heterocycles. The van der Waals surface area contributed by atoms with Crippen LogP contribution in [-0.4, -0.2) is 9.13 Å². The van der Waals surface area contributed by atoms with E-state index in [1.165, 1.54) is 80.8 Å². The second-order valence-corrected chi connectivity index (χ2v) is 12.7. The van der Waals surface area contributed by atoms with Crippen molar-refractivity contribution in [3.05, 3.63) is 78.0 Å². The molecule has 3 aromatic heterocycles. The Morgan fingerprint density at radius 3 is 1.90 bits per heavy atom. The molecule has 0 bridgehead atoms. The molecule has 6 rings (SSSR count). The molecule has 0 unspecified atom stereocenters. The Morgan fingerprint density at radius 2 is 1.32 bits per heavy atom. The molecule has 6 aromatic rings. The molecule has 0 amide bonds. The summed E-state index contributed by atoms with van der Waals surface area (Å²) in [6.07, 6.45) is 9.70. The number of allylic oxidation sites excluding steroid dienone is 1. The third kappa shape index (κ3) is 4.56. The predicted octanol–water partition coefficient (Wildman–Crippen LogP) is 10.8. The number of nitrogens with zero attached hydrogens (tertiary/aromatic N) is 2. The van der Waals surface area contributed by atoms with Crippen LogP contribution in [-0.2, 0) is 19.5 Å². The van der Waals surface area contributed by atoms with Crippen LogP contribution in [0.25, 0.3) is 61.1 Å². The maximum Gasteiger partial charge on any atom is 0.136 e. The Hall–Kier alpha value is -3.72. The van der Waals surface area contributed by atoms with Gasteiger partial charge in [-0.15, -0.1) is 0 Å². The van der Waals surface area contributed by atoms with Crippen molar-refractivity contribution in [2.75, 3.05) is 0 Å². The molecule has 0 N–H and O–H groups in total. The molecule has 0 saturated carbocycles. The maximum absolute atomic E-state index is 6.45. The third-order valence-corrected chi connectivity index (χ3v) is 8.74. The Balaban J connectivity index is 1.42. The number of benzene rings is 3. The van der Waals surface area contributed by atoms with Gasteiger partial charge in [-0.25, -0.2) is 0 Å². The third-order valence-electron chi connectivity index (χ3n) is 8.74. The zero-order chi connectivity index (χ0) is 28.2. The van der Waals surface area contributed by atoms with Gasteiger partial charge in [-0.3, -0.25) is 0 Å². The van der Waals surface area contributed by atoms with Crippen LogP contribution in [0.1, 0.15) is 71.6 Å². The first-order chi connectivity index (χ1) is 19.2. The van der Waals surface area contributed by atoms with Crippen LogP contribution < -0.4 is 0 Å². The fraction of sp³-hybridized carbons (Fsp3) is 0.351. The summed E-state index contributed by atoms with van der Waals surface area (Å²) < 4.78 is 11.1. The van der Waals surface area contributed by atoms with Crippen LogP contribution in [0.5, 0.6) is 0 Å². The standard InChI is InChI=1S/C37H42N2O/c1-8-10-24(11-9-2)12-17-29-18-26-20-35-30(22-33(26)38(29)6)31-23-34-27(21-36(31)40-35)19-32(39(34)7)25-13-15-28(16-14-25)37(3,4)5/h12-24H,8-11H2,1-7H3/b17-12+. The van der Waals surface area contributed by atoms with Crippen LogP contribution in [0, 0.1) is 5.92 Å². The van der Waals surface area contributed by atoms with Gasteiger partial charge in [0, 0.05) is 58.1 Å². The zero-order valence-electron chi connectivity index (χ0n) is 25.1. The molecule has 0 aliphatic rings. The normalized spacial score (nSPS) is 12.9. The monoisotopic (exact) mass is 530 g/mol. The van der Waals surface area contributed by atoms with E-state index < -0.39 is 0 Å². The molecule has 3 nitrogen and oxygen atoms in total. The summed E-state index contributed by atoms with van der Waals surface area (Å²) in [6.45, 7) is 11.3. The molecular weight excluding hydrogens is 488 g/mol. The summed E-state index contributed by atoms with van der Waals surface area (Å²) in [6, 6.07) is 22.6. The smallest absolute Gasteiger partial charge is 0.136 e. The predicted molar refractivity (Wildman–Crippen MR) is 173 cm³/mol. The van der Waals surface area contributed by atoms with E-state index in [2.05, 4.69) is 131 Å². The van der Waals surface area contributed by atoms with E-state index in [9.17, 15) is 0 Å². The van der Waals surface area contributed by atoms with E-state index >= 15 is 0 Å². The highest BCUT2D eigenvalue weighted by molar-refractivity contribution is 6.13. The number of rotatable bonds is 7. The molecule has 0 aliphatic carbocycles. The highest BCUT2D eigenvalue weighted by Crippen LogP contribution is 2.38. The fourth-order valence-corrected chi connectivity index (χ4v) is 6.35. The van der Waals surface area contributed by atoms with Crippen molar-refractivity contribution in [1.29, 1.82) is 0 Å². The average molecular weight is 531 g/mol. The number of hydrogen-bond acceptors (Lipinski definition) is 1. The fourth-order valence-electron chi connectivity index (χ4n) is 6.35. The van der Waals surface area contributed by atoms with Crippen LogP contribution in [0.15, 0.2) is 71.2 Å². The lowest BCUT2D eigenvalue weighted by Gasteiger charge is -2.19. The van der Waals surface area contributed by atoms with Gasteiger partial charge in [0.1, 0.15) is 11.2 Å². The van der Waals surface area contributed by atoms with Gasteiger partial charge in [0.05, 0.1) is 0 Å². The van der Waals surface area contributed by atoms with Crippen LogP contribution in [0.4, 0.5) is 0 Å². The highest BCUT2D eigenvalue weighted by atomic mass is 16.3. The van der Waals surface area contributed by atoms with Gasteiger partial charge in [-0.05, 0) is 77.8 Å². The first-order valence-corrected chi connectivity index (χ1v) is 14.9. The summed E-state index contributed by atoms with van der Waals surface area (Å²) in [5.74, 6) is 0.655. The number of aromatic nitrogens is 2. The zero-order valence-corrected chi connectivity index (χ0v) is 25.1. The Morgan fingerprint density at radius 1 is 0.750 bits per heavy atom. The van der Waals surface area contributed by atoms with Gasteiger partial charge in [0.2, 0.25) is 0 Å². The Bertz CT molecular complexity index is 1860. The Kier molecular flexibility index (Phi) is 6.65. The molecule has 0 spiro atoms. The molecule has 206 valence electrons. The summed E-state index contributed by atoms with van der Waals surface area (Å²) in [5.41, 5.74) is 9.56. The van der Waals surface area contributed by atoms with Crippen molar-refractivity contribution in [3.63, 3.8) is 0 Å². The van der Waals surface area contributed by atoms with E-state index in [0.29, 0.717) is 5.92 Å².